The van der Waals surface area contributed by atoms with Crippen LogP contribution < -0.4 is 11.1 Å². The lowest BCUT2D eigenvalue weighted by molar-refractivity contribution is 0.0925. The third-order valence-electron chi connectivity index (χ3n) is 2.82. The Balaban J connectivity index is 2.00. The second-order valence-corrected chi connectivity index (χ2v) is 4.32. The molecule has 3 N–H and O–H groups in total. The number of carbonyl (C=O) groups excluding carboxylic acids is 1. The average molecular weight is 223 g/mol. The lowest BCUT2D eigenvalue weighted by atomic mass is 10.2. The molecule has 16 heavy (non-hydrogen) atoms. The predicted molar refractivity (Wildman–Crippen MR) is 61.0 cm³/mol. The molecule has 0 bridgehead atoms. The predicted octanol–water partition coefficient (Wildman–Crippen LogP) is -0.564. The standard InChI is InChI=1S/C10H17N5O/c1-14-4-3-7(5-14)12-10(16)9-13-8(11)6-15(9)2/h6-7H,3-5,11H2,1-2H3,(H,12,16). The van der Waals surface area contributed by atoms with Crippen LogP contribution in [-0.2, 0) is 7.05 Å². The number of carbonyl (C=O) groups is 1. The van der Waals surface area contributed by atoms with Crippen LogP contribution >= 0.6 is 0 Å². The number of hydrogen-bond donors (Lipinski definition) is 2. The minimum absolute atomic E-state index is 0.153. The molecular weight excluding hydrogens is 206 g/mol. The van der Waals surface area contributed by atoms with Gasteiger partial charge in [-0.3, -0.25) is 4.79 Å². The highest BCUT2D eigenvalue weighted by atomic mass is 16.2. The van der Waals surface area contributed by atoms with Crippen molar-refractivity contribution in [2.75, 3.05) is 25.9 Å². The van der Waals surface area contributed by atoms with Gasteiger partial charge in [-0.2, -0.15) is 0 Å². The van der Waals surface area contributed by atoms with E-state index in [1.165, 1.54) is 0 Å². The molecule has 88 valence electrons. The maximum Gasteiger partial charge on any atom is 0.287 e. The molecule has 0 spiro atoms. The fourth-order valence-corrected chi connectivity index (χ4v) is 2.00. The van der Waals surface area contributed by atoms with Gasteiger partial charge < -0.3 is 20.5 Å². The fourth-order valence-electron chi connectivity index (χ4n) is 2.00. The third kappa shape index (κ3) is 2.16. The van der Waals surface area contributed by atoms with Gasteiger partial charge in [-0.15, -0.1) is 0 Å². The number of nitrogens with zero attached hydrogens (tertiary/aromatic N) is 3. The molecule has 0 radical (unpaired) electrons. The zero-order valence-corrected chi connectivity index (χ0v) is 9.60. The van der Waals surface area contributed by atoms with Gasteiger partial charge >= 0.3 is 0 Å². The Morgan fingerprint density at radius 1 is 1.62 bits per heavy atom. The van der Waals surface area contributed by atoms with Crippen LogP contribution in [0.25, 0.3) is 0 Å². The number of likely N-dealkylation sites (N-methyl/N-ethyl adjacent to an activating group) is 1. The number of likely N-dealkylation sites (tertiary alicyclic amines) is 1. The summed E-state index contributed by atoms with van der Waals surface area (Å²) in [5, 5.41) is 2.96. The molecule has 1 unspecified atom stereocenters. The van der Waals surface area contributed by atoms with E-state index in [9.17, 15) is 4.79 Å². The Morgan fingerprint density at radius 3 is 2.88 bits per heavy atom. The van der Waals surface area contributed by atoms with E-state index in [1.807, 2.05) is 7.05 Å². The van der Waals surface area contributed by atoms with Crippen molar-refractivity contribution in [1.82, 2.24) is 19.8 Å². The lowest BCUT2D eigenvalue weighted by Gasteiger charge is -2.12. The van der Waals surface area contributed by atoms with Gasteiger partial charge in [0.25, 0.3) is 5.91 Å². The second-order valence-electron chi connectivity index (χ2n) is 4.32. The molecule has 1 fully saturated rings. The SMILES string of the molecule is CN1CCC(NC(=O)c2nc(N)cn2C)C1. The van der Waals surface area contributed by atoms with Crippen molar-refractivity contribution in [3.63, 3.8) is 0 Å². The van der Waals surface area contributed by atoms with Crippen molar-refractivity contribution in [3.05, 3.63) is 12.0 Å². The summed E-state index contributed by atoms with van der Waals surface area (Å²) < 4.78 is 1.64. The number of anilines is 1. The summed E-state index contributed by atoms with van der Waals surface area (Å²) in [6, 6.07) is 0.218. The number of aromatic nitrogens is 2. The summed E-state index contributed by atoms with van der Waals surface area (Å²) >= 11 is 0. The normalized spacial score (nSPS) is 21.2. The van der Waals surface area contributed by atoms with Crippen LogP contribution in [0.15, 0.2) is 6.20 Å². The Bertz CT molecular complexity index is 400. The number of nitrogens with two attached hydrogens (primary N) is 1. The van der Waals surface area contributed by atoms with Gasteiger partial charge in [0, 0.05) is 25.8 Å². The van der Waals surface area contributed by atoms with Crippen LogP contribution in [0.5, 0.6) is 0 Å². The highest BCUT2D eigenvalue weighted by molar-refractivity contribution is 5.91. The van der Waals surface area contributed by atoms with E-state index in [-0.39, 0.29) is 11.9 Å². The van der Waals surface area contributed by atoms with E-state index < -0.39 is 0 Å². The highest BCUT2D eigenvalue weighted by Crippen LogP contribution is 2.08. The third-order valence-corrected chi connectivity index (χ3v) is 2.82. The largest absolute Gasteiger partial charge is 0.382 e. The van der Waals surface area contributed by atoms with Crippen LogP contribution in [0.1, 0.15) is 17.0 Å². The van der Waals surface area contributed by atoms with Gasteiger partial charge in [0.05, 0.1) is 0 Å². The summed E-state index contributed by atoms with van der Waals surface area (Å²) in [6.45, 7) is 1.92. The monoisotopic (exact) mass is 223 g/mol. The number of nitrogen functional groups attached to an aromatic ring is 1. The Labute approximate surface area is 94.4 Å². The second kappa shape index (κ2) is 4.13. The molecule has 1 atom stereocenters. The van der Waals surface area contributed by atoms with Crippen molar-refractivity contribution in [3.8, 4) is 0 Å². The molecule has 1 aliphatic rings. The van der Waals surface area contributed by atoms with Crippen LogP contribution in [0.3, 0.4) is 0 Å². The highest BCUT2D eigenvalue weighted by Gasteiger charge is 2.23. The summed E-state index contributed by atoms with van der Waals surface area (Å²) in [4.78, 5) is 18.1. The average Bonchev–Trinajstić information content (AvgIpc) is 2.73. The van der Waals surface area contributed by atoms with Gasteiger partial charge in [-0.25, -0.2) is 4.98 Å². The summed E-state index contributed by atoms with van der Waals surface area (Å²) in [5.74, 6) is 0.586. The van der Waals surface area contributed by atoms with E-state index in [1.54, 1.807) is 17.8 Å². The molecule has 0 aliphatic carbocycles. The Kier molecular flexibility index (Phi) is 2.82. The van der Waals surface area contributed by atoms with E-state index in [0.29, 0.717) is 11.6 Å². The summed E-state index contributed by atoms with van der Waals surface area (Å²) in [6.07, 6.45) is 2.62. The topological polar surface area (TPSA) is 76.2 Å². The first-order valence-electron chi connectivity index (χ1n) is 5.34. The van der Waals surface area contributed by atoms with Gasteiger partial charge in [-0.05, 0) is 20.0 Å². The molecule has 1 aromatic heterocycles. The molecule has 1 saturated heterocycles. The molecule has 6 heteroatoms. The smallest absolute Gasteiger partial charge is 0.287 e. The first-order valence-corrected chi connectivity index (χ1v) is 5.34. The molecule has 2 heterocycles. The number of rotatable bonds is 2. The first-order chi connectivity index (χ1) is 7.56. The maximum atomic E-state index is 11.9. The van der Waals surface area contributed by atoms with E-state index in [4.69, 9.17) is 5.73 Å². The Hall–Kier alpha value is -1.56. The summed E-state index contributed by atoms with van der Waals surface area (Å²) in [7, 11) is 3.81. The minimum atomic E-state index is -0.153. The zero-order valence-electron chi connectivity index (χ0n) is 9.60. The molecule has 1 amide bonds. The van der Waals surface area contributed by atoms with Crippen molar-refractivity contribution < 1.29 is 4.79 Å². The molecule has 2 rings (SSSR count). The van der Waals surface area contributed by atoms with Crippen molar-refractivity contribution in [1.29, 1.82) is 0 Å². The van der Waals surface area contributed by atoms with Gasteiger partial charge in [0.1, 0.15) is 5.82 Å². The molecule has 0 aromatic carbocycles. The van der Waals surface area contributed by atoms with Crippen LogP contribution in [-0.4, -0.2) is 46.5 Å². The van der Waals surface area contributed by atoms with E-state index in [2.05, 4.69) is 15.2 Å². The zero-order chi connectivity index (χ0) is 11.7. The number of hydrogen-bond acceptors (Lipinski definition) is 4. The summed E-state index contributed by atoms with van der Waals surface area (Å²) in [5.41, 5.74) is 5.53. The quantitative estimate of drug-likeness (QED) is 0.704. The first kappa shape index (κ1) is 10.9. The minimum Gasteiger partial charge on any atom is -0.382 e. The van der Waals surface area contributed by atoms with Crippen molar-refractivity contribution >= 4 is 11.7 Å². The molecular formula is C10H17N5O. The van der Waals surface area contributed by atoms with Crippen molar-refractivity contribution in [2.45, 2.75) is 12.5 Å². The molecule has 0 saturated carbocycles. The van der Waals surface area contributed by atoms with Crippen LogP contribution in [0.4, 0.5) is 5.82 Å². The van der Waals surface area contributed by atoms with E-state index >= 15 is 0 Å². The molecule has 6 nitrogen and oxygen atoms in total. The maximum absolute atomic E-state index is 11.9. The fraction of sp³-hybridized carbons (Fsp3) is 0.600. The number of amides is 1. The van der Waals surface area contributed by atoms with Gasteiger partial charge in [-0.1, -0.05) is 0 Å². The van der Waals surface area contributed by atoms with E-state index in [0.717, 1.165) is 19.5 Å². The number of nitrogens with one attached hydrogen (secondary N) is 1. The molecule has 1 aliphatic heterocycles. The van der Waals surface area contributed by atoms with Crippen LogP contribution in [0.2, 0.25) is 0 Å². The van der Waals surface area contributed by atoms with Crippen molar-refractivity contribution in [2.24, 2.45) is 7.05 Å². The van der Waals surface area contributed by atoms with Gasteiger partial charge in [0.15, 0.2) is 0 Å². The lowest BCUT2D eigenvalue weighted by Crippen LogP contribution is -2.37. The Morgan fingerprint density at radius 2 is 2.38 bits per heavy atom. The number of aryl methyl sites for hydroxylation is 1. The van der Waals surface area contributed by atoms with Crippen LogP contribution in [0, 0.1) is 0 Å². The number of imidazole rings is 1. The molecule has 1 aromatic rings. The van der Waals surface area contributed by atoms with Gasteiger partial charge in [0.2, 0.25) is 5.82 Å².